The van der Waals surface area contributed by atoms with Crippen LogP contribution in [0.15, 0.2) is 223 Å². The first kappa shape index (κ1) is 79.0. The highest BCUT2D eigenvalue weighted by Crippen LogP contribution is 2.54. The number of hydrogen-bond donors (Lipinski definition) is 0. The van der Waals surface area contributed by atoms with Crippen LogP contribution in [0.5, 0.6) is 0 Å². The summed E-state index contributed by atoms with van der Waals surface area (Å²) in [7, 11) is 0. The monoisotopic (exact) mass is 1400 g/mol. The smallest absolute Gasteiger partial charge is 0.00740 e. The van der Waals surface area contributed by atoms with Gasteiger partial charge in [0.1, 0.15) is 0 Å². The fraction of sp³-hybridized carbons (Fsp3) is 0.415. The predicted molar refractivity (Wildman–Crippen MR) is 467 cm³/mol. The van der Waals surface area contributed by atoms with E-state index in [-0.39, 0.29) is 60.1 Å². The minimum Gasteiger partial charge on any atom is -0.0768 e. The molecule has 9 aromatic rings. The van der Waals surface area contributed by atoms with E-state index in [4.69, 9.17) is 0 Å². The maximum atomic E-state index is 2.72. The van der Waals surface area contributed by atoms with Gasteiger partial charge in [0.2, 0.25) is 0 Å². The Morgan fingerprint density at radius 2 is 0.557 bits per heavy atom. The molecule has 2 aliphatic rings. The van der Waals surface area contributed by atoms with E-state index in [1.165, 1.54) is 156 Å². The van der Waals surface area contributed by atoms with Gasteiger partial charge in [0.25, 0.3) is 0 Å². The van der Waals surface area contributed by atoms with Crippen molar-refractivity contribution >= 4 is 5.57 Å². The van der Waals surface area contributed by atoms with E-state index in [9.17, 15) is 0 Å². The Hall–Kier alpha value is -8.06. The summed E-state index contributed by atoms with van der Waals surface area (Å²) in [5, 5.41) is 0. The first-order valence-electron chi connectivity index (χ1n) is 39.9. The quantitative estimate of drug-likeness (QED) is 0.128. The molecule has 0 aromatic heterocycles. The standard InChI is InChI=1S/C106H130/c1-97(2,3)77-53-71(54-78(61-77)98(4,5)6)67-47-68(72-55-79(99(7,8)9)62-80(56-72)100(10,11)12)50-75(49-67)91-65-94(88-42-34-32-40-86(88)90-44-36-38-46-96(90)106(28,29)30)92(66-93(91)87-41-33-31-39-85(87)89-43-35-37-45-95(89)105(25,26)27)76-51-69(73-57-81(101(13,14)15)63-82(58-73)102(16,17)18)48-70(52-76)74-59-83(103(19,20)21)64-84(60-74)104(22,23)24/h31-51,53-59,61-66,76,84H,52,60H2,1-30H3. The molecule has 0 fully saturated rings. The molecule has 0 saturated carbocycles. The fourth-order valence-corrected chi connectivity index (χ4v) is 15.8. The molecule has 0 heterocycles. The molecule has 0 radical (unpaired) electrons. The zero-order valence-electron chi connectivity index (χ0n) is 71.2. The van der Waals surface area contributed by atoms with Gasteiger partial charge < -0.3 is 0 Å². The van der Waals surface area contributed by atoms with Gasteiger partial charge in [-0.3, -0.25) is 0 Å². The van der Waals surface area contributed by atoms with Crippen LogP contribution in [0, 0.1) is 16.7 Å². The topological polar surface area (TPSA) is 0 Å². The van der Waals surface area contributed by atoms with Crippen molar-refractivity contribution in [3.63, 3.8) is 0 Å². The molecule has 0 aliphatic heterocycles. The maximum Gasteiger partial charge on any atom is 0.00740 e. The summed E-state index contributed by atoms with van der Waals surface area (Å²) in [6.07, 6.45) is 12.4. The largest absolute Gasteiger partial charge is 0.0768 e. The average molecular weight is 1400 g/mol. The van der Waals surface area contributed by atoms with E-state index < -0.39 is 0 Å². The molecule has 9 aromatic carbocycles. The van der Waals surface area contributed by atoms with E-state index in [1.807, 2.05) is 0 Å². The van der Waals surface area contributed by atoms with Crippen LogP contribution in [0.25, 0.3) is 83.5 Å². The van der Waals surface area contributed by atoms with Gasteiger partial charge in [-0.05, 0) is 259 Å². The molecule has 0 bridgehead atoms. The highest BCUT2D eigenvalue weighted by Gasteiger charge is 2.36. The van der Waals surface area contributed by atoms with Crippen LogP contribution in [-0.2, 0) is 43.3 Å². The van der Waals surface area contributed by atoms with Crippen LogP contribution in [0.3, 0.4) is 0 Å². The van der Waals surface area contributed by atoms with Crippen molar-refractivity contribution in [3.05, 3.63) is 279 Å². The van der Waals surface area contributed by atoms with Crippen LogP contribution in [0.4, 0.5) is 0 Å². The third-order valence-electron chi connectivity index (χ3n) is 23.0. The molecule has 0 nitrogen and oxygen atoms in total. The summed E-state index contributed by atoms with van der Waals surface area (Å²) in [4.78, 5) is 0. The van der Waals surface area contributed by atoms with Crippen molar-refractivity contribution in [2.24, 2.45) is 16.7 Å². The molecule has 2 unspecified atom stereocenters. The van der Waals surface area contributed by atoms with Gasteiger partial charge >= 0.3 is 0 Å². The van der Waals surface area contributed by atoms with E-state index in [0.29, 0.717) is 5.92 Å². The Kier molecular flexibility index (Phi) is 21.0. The molecule has 2 atom stereocenters. The predicted octanol–water partition coefficient (Wildman–Crippen LogP) is 31.2. The summed E-state index contributed by atoms with van der Waals surface area (Å²) < 4.78 is 0. The minimum atomic E-state index is -0.135. The Bertz CT molecular complexity index is 4740. The Labute approximate surface area is 644 Å². The van der Waals surface area contributed by atoms with Crippen LogP contribution in [0.1, 0.15) is 282 Å². The Balaban J connectivity index is 1.37. The summed E-state index contributed by atoms with van der Waals surface area (Å²) >= 11 is 0. The third-order valence-corrected chi connectivity index (χ3v) is 23.0. The maximum absolute atomic E-state index is 2.72. The van der Waals surface area contributed by atoms with E-state index in [2.05, 4.69) is 414 Å². The van der Waals surface area contributed by atoms with Crippen molar-refractivity contribution in [3.8, 4) is 77.9 Å². The summed E-state index contributed by atoms with van der Waals surface area (Å²) in [6, 6.07) is 73.0. The van der Waals surface area contributed by atoms with Crippen molar-refractivity contribution < 1.29 is 0 Å². The number of allylic oxidation sites excluding steroid dienone is 8. The SMILES string of the molecule is CC(C)(C)C1=CC(C(C)(C)C)CC(C2=CC(c3cc(C(C)(C)C)cc(C(C)(C)C)c3)=CC(c3cc(-c4ccccc4-c4ccccc4C(C)(C)C)c(-c4cc(-c5cc(C(C)(C)C)cc(C(C)(C)C)c5)cc(-c5cc(C(C)(C)C)cc(C(C)(C)C)c5)c4)cc3-c3ccccc3-c3ccccc3C(C)(C)C)C2)=C1. The Morgan fingerprint density at radius 1 is 0.236 bits per heavy atom. The van der Waals surface area contributed by atoms with Crippen molar-refractivity contribution in [2.75, 3.05) is 0 Å². The van der Waals surface area contributed by atoms with Gasteiger partial charge in [0.05, 0.1) is 0 Å². The molecule has 0 amide bonds. The van der Waals surface area contributed by atoms with Crippen LogP contribution in [0.2, 0.25) is 0 Å². The van der Waals surface area contributed by atoms with E-state index in [0.717, 1.165) is 12.8 Å². The molecule has 0 spiro atoms. The number of benzene rings is 9. The van der Waals surface area contributed by atoms with Crippen LogP contribution < -0.4 is 0 Å². The molecule has 2 aliphatic carbocycles. The van der Waals surface area contributed by atoms with Crippen molar-refractivity contribution in [1.82, 2.24) is 0 Å². The fourth-order valence-electron chi connectivity index (χ4n) is 15.8. The van der Waals surface area contributed by atoms with Gasteiger partial charge in [0.15, 0.2) is 0 Å². The first-order valence-corrected chi connectivity index (χ1v) is 39.9. The lowest BCUT2D eigenvalue weighted by atomic mass is 9.68. The van der Waals surface area contributed by atoms with E-state index >= 15 is 0 Å². The summed E-state index contributed by atoms with van der Waals surface area (Å²) in [5.74, 6) is 0.310. The zero-order valence-corrected chi connectivity index (χ0v) is 71.2. The average Bonchev–Trinajstić information content (AvgIpc) is 0.738. The van der Waals surface area contributed by atoms with Crippen LogP contribution in [-0.4, -0.2) is 0 Å². The molecule has 0 N–H and O–H groups in total. The normalized spacial score (nSPS) is 16.2. The van der Waals surface area contributed by atoms with Crippen LogP contribution >= 0.6 is 0 Å². The van der Waals surface area contributed by atoms with Crippen molar-refractivity contribution in [1.29, 1.82) is 0 Å². The molecule has 554 valence electrons. The van der Waals surface area contributed by atoms with Gasteiger partial charge in [-0.15, -0.1) is 0 Å². The van der Waals surface area contributed by atoms with Gasteiger partial charge in [-0.1, -0.05) is 384 Å². The second-order valence-electron chi connectivity index (χ2n) is 42.2. The molecular weight excluding hydrogens is 1270 g/mol. The summed E-state index contributed by atoms with van der Waals surface area (Å²) in [6.45, 7) is 71.6. The second kappa shape index (κ2) is 28.2. The lowest BCUT2D eigenvalue weighted by Gasteiger charge is -2.37. The van der Waals surface area contributed by atoms with Gasteiger partial charge in [-0.25, -0.2) is 0 Å². The Morgan fingerprint density at radius 3 is 0.915 bits per heavy atom. The zero-order chi connectivity index (χ0) is 77.8. The molecule has 0 saturated heterocycles. The van der Waals surface area contributed by atoms with E-state index in [1.54, 1.807) is 0 Å². The number of rotatable bonds is 10. The summed E-state index contributed by atoms with van der Waals surface area (Å²) in [5.41, 5.74) is 35.5. The molecule has 106 heavy (non-hydrogen) atoms. The highest BCUT2D eigenvalue weighted by molar-refractivity contribution is 5.99. The second-order valence-corrected chi connectivity index (χ2v) is 42.2. The molecule has 11 rings (SSSR count). The minimum absolute atomic E-state index is 0.0409. The first-order chi connectivity index (χ1) is 48.8. The lowest BCUT2D eigenvalue weighted by molar-refractivity contribution is 0.284. The molecule has 0 heteroatoms. The number of hydrogen-bond acceptors (Lipinski definition) is 0. The van der Waals surface area contributed by atoms with Crippen molar-refractivity contribution in [2.45, 2.75) is 270 Å². The highest BCUT2D eigenvalue weighted by atomic mass is 14.4. The van der Waals surface area contributed by atoms with Gasteiger partial charge in [-0.2, -0.15) is 0 Å². The lowest BCUT2D eigenvalue weighted by Crippen LogP contribution is -2.25. The van der Waals surface area contributed by atoms with Gasteiger partial charge in [0, 0.05) is 5.92 Å². The third kappa shape index (κ3) is 17.2. The molecular formula is C106H130.